The van der Waals surface area contributed by atoms with Crippen molar-refractivity contribution in [3.05, 3.63) is 28.2 Å². The maximum atomic E-state index is 9.84. The summed E-state index contributed by atoms with van der Waals surface area (Å²) < 4.78 is 5.47. The lowest BCUT2D eigenvalue weighted by molar-refractivity contribution is 0.103. The molecule has 0 aromatic heterocycles. The van der Waals surface area contributed by atoms with E-state index in [4.69, 9.17) is 27.9 Å². The Hall–Kier alpha value is -0.480. The SMILES string of the molecule is CCC(CC)NCC(O)COc1ccc(Cl)cc1Cl. The molecule has 0 saturated heterocycles. The number of aliphatic hydroxyl groups is 1. The fourth-order valence-electron chi connectivity index (χ4n) is 1.72. The molecule has 1 atom stereocenters. The van der Waals surface area contributed by atoms with Gasteiger partial charge in [0.05, 0.1) is 5.02 Å². The minimum atomic E-state index is -0.563. The van der Waals surface area contributed by atoms with E-state index in [9.17, 15) is 5.11 Å². The van der Waals surface area contributed by atoms with E-state index in [1.54, 1.807) is 18.2 Å². The highest BCUT2D eigenvalue weighted by Gasteiger charge is 2.10. The molecule has 0 radical (unpaired) electrons. The van der Waals surface area contributed by atoms with Crippen LogP contribution in [0, 0.1) is 0 Å². The zero-order chi connectivity index (χ0) is 14.3. The number of ether oxygens (including phenoxy) is 1. The molecule has 0 bridgehead atoms. The van der Waals surface area contributed by atoms with Gasteiger partial charge < -0.3 is 15.2 Å². The van der Waals surface area contributed by atoms with Gasteiger partial charge in [-0.25, -0.2) is 0 Å². The molecule has 0 saturated carbocycles. The highest BCUT2D eigenvalue weighted by molar-refractivity contribution is 6.35. The van der Waals surface area contributed by atoms with Gasteiger partial charge in [0.15, 0.2) is 0 Å². The second-order valence-electron chi connectivity index (χ2n) is 4.46. The first kappa shape index (κ1) is 16.6. The van der Waals surface area contributed by atoms with Gasteiger partial charge >= 0.3 is 0 Å². The Kier molecular flexibility index (Phi) is 7.54. The molecule has 1 aromatic rings. The molecule has 0 aliphatic rings. The molecule has 1 unspecified atom stereocenters. The number of aliphatic hydroxyl groups excluding tert-OH is 1. The lowest BCUT2D eigenvalue weighted by atomic mass is 10.1. The van der Waals surface area contributed by atoms with E-state index in [1.165, 1.54) is 0 Å². The Bertz CT molecular complexity index is 384. The molecular weight excluding hydrogens is 285 g/mol. The topological polar surface area (TPSA) is 41.5 Å². The predicted octanol–water partition coefficient (Wildman–Crippen LogP) is 3.51. The van der Waals surface area contributed by atoms with E-state index in [2.05, 4.69) is 19.2 Å². The van der Waals surface area contributed by atoms with Crippen molar-refractivity contribution in [3.63, 3.8) is 0 Å². The first-order valence-electron chi connectivity index (χ1n) is 6.56. The number of rotatable bonds is 8. The summed E-state index contributed by atoms with van der Waals surface area (Å²) in [5.41, 5.74) is 0. The zero-order valence-corrected chi connectivity index (χ0v) is 12.8. The summed E-state index contributed by atoms with van der Waals surface area (Å²) in [5.74, 6) is 0.535. The lowest BCUT2D eigenvalue weighted by Gasteiger charge is -2.18. The minimum Gasteiger partial charge on any atom is -0.489 e. The third-order valence-corrected chi connectivity index (χ3v) is 3.48. The van der Waals surface area contributed by atoms with Crippen LogP contribution in [0.15, 0.2) is 18.2 Å². The maximum Gasteiger partial charge on any atom is 0.138 e. The van der Waals surface area contributed by atoms with Crippen LogP contribution in [0.2, 0.25) is 10.0 Å². The van der Waals surface area contributed by atoms with Gasteiger partial charge in [0.1, 0.15) is 18.5 Å². The Labute approximate surface area is 124 Å². The Morgan fingerprint density at radius 1 is 1.26 bits per heavy atom. The third kappa shape index (κ3) is 6.00. The van der Waals surface area contributed by atoms with E-state index < -0.39 is 6.10 Å². The van der Waals surface area contributed by atoms with Crippen LogP contribution in [0.1, 0.15) is 26.7 Å². The first-order valence-corrected chi connectivity index (χ1v) is 7.31. The molecule has 5 heteroatoms. The quantitative estimate of drug-likeness (QED) is 0.772. The lowest BCUT2D eigenvalue weighted by Crippen LogP contribution is -2.37. The summed E-state index contributed by atoms with van der Waals surface area (Å²) in [6.07, 6.45) is 1.53. The summed E-state index contributed by atoms with van der Waals surface area (Å²) in [6.45, 7) is 4.96. The predicted molar refractivity (Wildman–Crippen MR) is 80.3 cm³/mol. The smallest absolute Gasteiger partial charge is 0.138 e. The minimum absolute atomic E-state index is 0.203. The maximum absolute atomic E-state index is 9.84. The van der Waals surface area contributed by atoms with Crippen molar-refractivity contribution in [2.75, 3.05) is 13.2 Å². The van der Waals surface area contributed by atoms with Gasteiger partial charge in [0.25, 0.3) is 0 Å². The van der Waals surface area contributed by atoms with E-state index in [1.807, 2.05) is 0 Å². The third-order valence-electron chi connectivity index (χ3n) is 2.95. The average Bonchev–Trinajstić information content (AvgIpc) is 2.39. The van der Waals surface area contributed by atoms with Crippen LogP contribution in [0.5, 0.6) is 5.75 Å². The Balaban J connectivity index is 2.35. The molecule has 0 aliphatic heterocycles. The van der Waals surface area contributed by atoms with Crippen LogP contribution in [0.4, 0.5) is 0 Å². The van der Waals surface area contributed by atoms with Crippen LogP contribution >= 0.6 is 23.2 Å². The highest BCUT2D eigenvalue weighted by atomic mass is 35.5. The van der Waals surface area contributed by atoms with Gasteiger partial charge in [-0.15, -0.1) is 0 Å². The fourth-order valence-corrected chi connectivity index (χ4v) is 2.18. The molecule has 1 rings (SSSR count). The molecule has 108 valence electrons. The van der Waals surface area contributed by atoms with Crippen LogP contribution < -0.4 is 10.1 Å². The molecule has 0 fully saturated rings. The van der Waals surface area contributed by atoms with E-state index >= 15 is 0 Å². The van der Waals surface area contributed by atoms with Gasteiger partial charge in [-0.3, -0.25) is 0 Å². The molecule has 3 nitrogen and oxygen atoms in total. The normalized spacial score (nSPS) is 12.7. The molecule has 0 amide bonds. The van der Waals surface area contributed by atoms with Crippen molar-refractivity contribution in [3.8, 4) is 5.75 Å². The Morgan fingerprint density at radius 3 is 2.53 bits per heavy atom. The summed E-state index contributed by atoms with van der Waals surface area (Å²) >= 11 is 11.8. The van der Waals surface area contributed by atoms with Gasteiger partial charge in [-0.1, -0.05) is 37.0 Å². The van der Waals surface area contributed by atoms with Crippen molar-refractivity contribution in [1.29, 1.82) is 0 Å². The van der Waals surface area contributed by atoms with Gasteiger partial charge in [-0.05, 0) is 31.0 Å². The van der Waals surface area contributed by atoms with Crippen molar-refractivity contribution < 1.29 is 9.84 Å². The summed E-state index contributed by atoms with van der Waals surface area (Å²) in [5, 5.41) is 14.1. The average molecular weight is 306 g/mol. The van der Waals surface area contributed by atoms with Crippen LogP contribution in [-0.4, -0.2) is 30.4 Å². The monoisotopic (exact) mass is 305 g/mol. The van der Waals surface area contributed by atoms with Crippen LogP contribution in [0.3, 0.4) is 0 Å². The number of nitrogens with one attached hydrogen (secondary N) is 1. The van der Waals surface area contributed by atoms with Crippen LogP contribution in [0.25, 0.3) is 0 Å². The van der Waals surface area contributed by atoms with E-state index in [0.717, 1.165) is 12.8 Å². The number of hydrogen-bond acceptors (Lipinski definition) is 3. The number of hydrogen-bond donors (Lipinski definition) is 2. The molecule has 0 aliphatic carbocycles. The van der Waals surface area contributed by atoms with Crippen molar-refractivity contribution in [2.45, 2.75) is 38.8 Å². The van der Waals surface area contributed by atoms with Gasteiger partial charge in [0.2, 0.25) is 0 Å². The molecule has 1 aromatic carbocycles. The first-order chi connectivity index (χ1) is 9.06. The van der Waals surface area contributed by atoms with Crippen molar-refractivity contribution >= 4 is 23.2 Å². The van der Waals surface area contributed by atoms with E-state index in [-0.39, 0.29) is 6.61 Å². The summed E-state index contributed by atoms with van der Waals surface area (Å²) in [6, 6.07) is 5.46. The molecule has 0 spiro atoms. The summed E-state index contributed by atoms with van der Waals surface area (Å²) in [4.78, 5) is 0. The molecule has 2 N–H and O–H groups in total. The van der Waals surface area contributed by atoms with E-state index in [0.29, 0.717) is 28.4 Å². The standard InChI is InChI=1S/C14H21Cl2NO2/c1-3-11(4-2)17-8-12(18)9-19-14-6-5-10(15)7-13(14)16/h5-7,11-12,17-18H,3-4,8-9H2,1-2H3. The molecule has 0 heterocycles. The zero-order valence-electron chi connectivity index (χ0n) is 11.3. The molecule has 19 heavy (non-hydrogen) atoms. The largest absolute Gasteiger partial charge is 0.489 e. The summed E-state index contributed by atoms with van der Waals surface area (Å²) in [7, 11) is 0. The van der Waals surface area contributed by atoms with Crippen molar-refractivity contribution in [1.82, 2.24) is 5.32 Å². The molecular formula is C14H21Cl2NO2. The second-order valence-corrected chi connectivity index (χ2v) is 5.30. The fraction of sp³-hybridized carbons (Fsp3) is 0.571. The van der Waals surface area contributed by atoms with Gasteiger partial charge in [0, 0.05) is 17.6 Å². The van der Waals surface area contributed by atoms with Crippen molar-refractivity contribution in [2.24, 2.45) is 0 Å². The van der Waals surface area contributed by atoms with Crippen LogP contribution in [-0.2, 0) is 0 Å². The highest BCUT2D eigenvalue weighted by Crippen LogP contribution is 2.27. The number of benzene rings is 1. The van der Waals surface area contributed by atoms with Gasteiger partial charge in [-0.2, -0.15) is 0 Å². The Morgan fingerprint density at radius 2 is 1.95 bits per heavy atom. The second kappa shape index (κ2) is 8.64. The number of halogens is 2.